The molecule has 6 aromatic carbocycles. The molecule has 4 heteroatoms. The summed E-state index contributed by atoms with van der Waals surface area (Å²) in [7, 11) is 0. The molecule has 1 aliphatic carbocycles. The van der Waals surface area contributed by atoms with Crippen molar-refractivity contribution in [3.63, 3.8) is 0 Å². The molecule has 2 aliphatic rings. The van der Waals surface area contributed by atoms with Gasteiger partial charge >= 0.3 is 0 Å². The van der Waals surface area contributed by atoms with Crippen molar-refractivity contribution >= 4 is 23.0 Å². The van der Waals surface area contributed by atoms with Crippen LogP contribution in [0.15, 0.2) is 170 Å². The smallest absolute Gasteiger partial charge is 0.236 e. The van der Waals surface area contributed by atoms with Crippen LogP contribution in [0, 0.1) is 0 Å². The Labute approximate surface area is 272 Å². The zero-order chi connectivity index (χ0) is 31.0. The molecule has 0 N–H and O–H groups in total. The van der Waals surface area contributed by atoms with Gasteiger partial charge < -0.3 is 0 Å². The lowest BCUT2D eigenvalue weighted by Crippen LogP contribution is -2.36. The average Bonchev–Trinajstić information content (AvgIpc) is 3.67. The highest BCUT2D eigenvalue weighted by atomic mass is 15.2. The van der Waals surface area contributed by atoms with Crippen molar-refractivity contribution in [2.24, 2.45) is 0 Å². The Kier molecular flexibility index (Phi) is 5.46. The molecule has 4 nitrogen and oxygen atoms in total. The van der Waals surface area contributed by atoms with E-state index in [2.05, 4.69) is 167 Å². The van der Waals surface area contributed by atoms with Crippen LogP contribution in [0.3, 0.4) is 0 Å². The molecule has 0 unspecified atom stereocenters. The van der Waals surface area contributed by atoms with E-state index in [0.717, 1.165) is 39.7 Å². The number of para-hydroxylation sites is 2. The standard InChI is InChI=1S/C43H28N4/c1-3-15-29(16-4-1)40-41(30-17-5-2-6-18-30)46-28-27-39(44-42(46)45-40)47-37-25-13-11-23-35(37)43(36-24-12-14-26-38(36)47)33-21-9-7-19-31(33)32-20-8-10-22-34(32)43/h1-28H. The molecule has 47 heavy (non-hydrogen) atoms. The van der Waals surface area contributed by atoms with Crippen molar-refractivity contribution in [3.8, 4) is 33.6 Å². The van der Waals surface area contributed by atoms with Crippen molar-refractivity contribution in [1.82, 2.24) is 14.4 Å². The molecule has 0 bridgehead atoms. The largest absolute Gasteiger partial charge is 0.294 e. The minimum absolute atomic E-state index is 0.449. The Morgan fingerprint density at radius 3 is 1.51 bits per heavy atom. The predicted octanol–water partition coefficient (Wildman–Crippen LogP) is 10.2. The molecule has 0 radical (unpaired) electrons. The summed E-state index contributed by atoms with van der Waals surface area (Å²) in [4.78, 5) is 12.8. The van der Waals surface area contributed by atoms with Gasteiger partial charge in [0.15, 0.2) is 0 Å². The zero-order valence-corrected chi connectivity index (χ0v) is 25.5. The van der Waals surface area contributed by atoms with E-state index in [1.54, 1.807) is 0 Å². The molecule has 0 fully saturated rings. The minimum atomic E-state index is -0.449. The van der Waals surface area contributed by atoms with Gasteiger partial charge in [0, 0.05) is 17.3 Å². The molecule has 0 amide bonds. The van der Waals surface area contributed by atoms with Crippen molar-refractivity contribution < 1.29 is 0 Å². The SMILES string of the molecule is c1ccc(-c2nc3nc(N4c5ccccc5C5(c6ccccc6-c6ccccc65)c5ccccc54)ccn3c2-c2ccccc2)cc1. The van der Waals surface area contributed by atoms with Crippen LogP contribution in [-0.4, -0.2) is 14.4 Å². The average molecular weight is 601 g/mol. The van der Waals surface area contributed by atoms with Crippen LogP contribution in [-0.2, 0) is 5.41 Å². The zero-order valence-electron chi connectivity index (χ0n) is 25.5. The molecule has 0 saturated heterocycles. The fourth-order valence-corrected chi connectivity index (χ4v) is 8.02. The van der Waals surface area contributed by atoms with Gasteiger partial charge in [-0.3, -0.25) is 9.30 Å². The number of fused-ring (bicyclic) bond motifs is 10. The highest BCUT2D eigenvalue weighted by Gasteiger charge is 2.51. The lowest BCUT2D eigenvalue weighted by atomic mass is 9.65. The Bertz CT molecular complexity index is 2380. The highest BCUT2D eigenvalue weighted by molar-refractivity contribution is 5.95. The second-order valence-corrected chi connectivity index (χ2v) is 12.2. The molecular formula is C43H28N4. The lowest BCUT2D eigenvalue weighted by molar-refractivity contribution is 0.751. The Morgan fingerprint density at radius 1 is 0.426 bits per heavy atom. The summed E-state index contributed by atoms with van der Waals surface area (Å²) in [6.45, 7) is 0. The second-order valence-electron chi connectivity index (χ2n) is 12.2. The number of nitrogens with zero attached hydrogens (tertiary/aromatic N) is 4. The van der Waals surface area contributed by atoms with E-state index in [9.17, 15) is 0 Å². The molecule has 0 saturated carbocycles. The first kappa shape index (κ1) is 26.0. The Balaban J connectivity index is 1.24. The van der Waals surface area contributed by atoms with Crippen LogP contribution in [0.1, 0.15) is 22.3 Å². The van der Waals surface area contributed by atoms with Gasteiger partial charge in [-0.1, -0.05) is 146 Å². The number of benzene rings is 6. The Morgan fingerprint density at radius 2 is 0.915 bits per heavy atom. The van der Waals surface area contributed by atoms with E-state index in [1.165, 1.54) is 33.4 Å². The summed E-state index contributed by atoms with van der Waals surface area (Å²) in [5.41, 5.74) is 13.6. The van der Waals surface area contributed by atoms with Crippen molar-refractivity contribution in [3.05, 3.63) is 192 Å². The van der Waals surface area contributed by atoms with Crippen LogP contribution in [0.2, 0.25) is 0 Å². The topological polar surface area (TPSA) is 33.4 Å². The van der Waals surface area contributed by atoms with E-state index in [0.29, 0.717) is 5.78 Å². The number of hydrogen-bond acceptors (Lipinski definition) is 3. The van der Waals surface area contributed by atoms with Gasteiger partial charge in [-0.2, -0.15) is 4.98 Å². The molecule has 3 heterocycles. The van der Waals surface area contributed by atoms with Crippen LogP contribution in [0.4, 0.5) is 17.2 Å². The second kappa shape index (κ2) is 9.87. The van der Waals surface area contributed by atoms with Gasteiger partial charge in [-0.15, -0.1) is 0 Å². The lowest BCUT2D eigenvalue weighted by Gasteiger charge is -2.44. The van der Waals surface area contributed by atoms with E-state index < -0.39 is 5.41 Å². The molecule has 220 valence electrons. The maximum absolute atomic E-state index is 5.31. The van der Waals surface area contributed by atoms with Gasteiger partial charge in [0.25, 0.3) is 0 Å². The third-order valence-corrected chi connectivity index (χ3v) is 9.85. The molecule has 10 rings (SSSR count). The van der Waals surface area contributed by atoms with Crippen LogP contribution in [0.25, 0.3) is 39.4 Å². The summed E-state index contributed by atoms with van der Waals surface area (Å²) >= 11 is 0. The van der Waals surface area contributed by atoms with E-state index >= 15 is 0 Å². The summed E-state index contributed by atoms with van der Waals surface area (Å²) in [6.07, 6.45) is 2.12. The first-order valence-electron chi connectivity index (χ1n) is 16.0. The first-order valence-corrected chi connectivity index (χ1v) is 16.0. The van der Waals surface area contributed by atoms with Crippen molar-refractivity contribution in [2.45, 2.75) is 5.41 Å². The maximum atomic E-state index is 5.31. The first-order chi connectivity index (χ1) is 23.3. The number of imidazole rings is 1. The van der Waals surface area contributed by atoms with E-state index in [4.69, 9.17) is 9.97 Å². The third-order valence-electron chi connectivity index (χ3n) is 9.85. The van der Waals surface area contributed by atoms with Crippen LogP contribution >= 0.6 is 0 Å². The van der Waals surface area contributed by atoms with Gasteiger partial charge in [0.2, 0.25) is 5.78 Å². The van der Waals surface area contributed by atoms with Gasteiger partial charge in [-0.25, -0.2) is 4.98 Å². The molecule has 0 atom stereocenters. The normalized spacial score (nSPS) is 13.7. The van der Waals surface area contributed by atoms with Crippen molar-refractivity contribution in [1.29, 1.82) is 0 Å². The monoisotopic (exact) mass is 600 g/mol. The van der Waals surface area contributed by atoms with Crippen molar-refractivity contribution in [2.75, 3.05) is 4.90 Å². The molecule has 8 aromatic rings. The van der Waals surface area contributed by atoms with E-state index in [1.807, 2.05) is 12.1 Å². The minimum Gasteiger partial charge on any atom is -0.294 e. The van der Waals surface area contributed by atoms with Gasteiger partial charge in [0.1, 0.15) is 5.82 Å². The van der Waals surface area contributed by atoms with Crippen LogP contribution in [0.5, 0.6) is 0 Å². The Hall–Kier alpha value is -6.26. The molecule has 1 spiro atoms. The van der Waals surface area contributed by atoms with E-state index in [-0.39, 0.29) is 0 Å². The highest BCUT2D eigenvalue weighted by Crippen LogP contribution is 2.63. The molecule has 1 aliphatic heterocycles. The summed E-state index contributed by atoms with van der Waals surface area (Å²) in [5.74, 6) is 1.49. The maximum Gasteiger partial charge on any atom is 0.236 e. The summed E-state index contributed by atoms with van der Waals surface area (Å²) in [5, 5.41) is 0. The number of aromatic nitrogens is 3. The quantitative estimate of drug-likeness (QED) is 0.202. The molecular weight excluding hydrogens is 573 g/mol. The van der Waals surface area contributed by atoms with Crippen LogP contribution < -0.4 is 4.90 Å². The predicted molar refractivity (Wildman–Crippen MR) is 189 cm³/mol. The summed E-state index contributed by atoms with van der Waals surface area (Å²) in [6, 6.07) is 58.4. The third kappa shape index (κ3) is 3.52. The summed E-state index contributed by atoms with van der Waals surface area (Å²) < 4.78 is 2.12. The fraction of sp³-hybridized carbons (Fsp3) is 0.0233. The molecule has 2 aromatic heterocycles. The van der Waals surface area contributed by atoms with Gasteiger partial charge in [0.05, 0.1) is 28.2 Å². The number of hydrogen-bond donors (Lipinski definition) is 0. The number of anilines is 3. The fourth-order valence-electron chi connectivity index (χ4n) is 8.02. The van der Waals surface area contributed by atoms with Gasteiger partial charge in [-0.05, 0) is 51.6 Å². The number of rotatable bonds is 3.